The molecular formula is C25H19BrClFN6O2. The van der Waals surface area contributed by atoms with Gasteiger partial charge in [-0.05, 0) is 46.6 Å². The van der Waals surface area contributed by atoms with Crippen molar-refractivity contribution in [3.8, 4) is 22.4 Å². The lowest BCUT2D eigenvalue weighted by Gasteiger charge is -2.15. The number of carbonyl (C=O) groups excluding carboxylic acids is 1. The number of likely N-dealkylation sites (tertiary alicyclic amines) is 1. The Morgan fingerprint density at radius 3 is 2.92 bits per heavy atom. The Balaban J connectivity index is 1.40. The van der Waals surface area contributed by atoms with Gasteiger partial charge in [-0.2, -0.15) is 5.10 Å². The number of imidazole rings is 1. The molecule has 5 aromatic rings. The van der Waals surface area contributed by atoms with Crippen LogP contribution in [-0.2, 0) is 4.79 Å². The molecule has 1 saturated heterocycles. The topological polar surface area (TPSA) is 88.5 Å². The first-order valence-electron chi connectivity index (χ1n) is 11.3. The zero-order valence-corrected chi connectivity index (χ0v) is 21.1. The fourth-order valence-electron chi connectivity index (χ4n) is 4.68. The first-order chi connectivity index (χ1) is 17.4. The highest BCUT2D eigenvalue weighted by molar-refractivity contribution is 9.10. The van der Waals surface area contributed by atoms with E-state index in [1.165, 1.54) is 6.07 Å². The average molecular weight is 570 g/mol. The summed E-state index contributed by atoms with van der Waals surface area (Å²) in [5.41, 5.74) is 3.74. The Kier molecular flexibility index (Phi) is 5.74. The van der Waals surface area contributed by atoms with Gasteiger partial charge in [0.2, 0.25) is 5.91 Å². The first-order valence-corrected chi connectivity index (χ1v) is 12.5. The summed E-state index contributed by atoms with van der Waals surface area (Å²) >= 11 is 9.88. The maximum atomic E-state index is 14.7. The molecule has 1 amide bonds. The Morgan fingerprint density at radius 1 is 1.25 bits per heavy atom. The van der Waals surface area contributed by atoms with E-state index in [1.54, 1.807) is 29.4 Å². The number of hydrogen-bond acceptors (Lipinski definition) is 5. The van der Waals surface area contributed by atoms with Crippen LogP contribution in [0.15, 0.2) is 59.7 Å². The van der Waals surface area contributed by atoms with E-state index in [1.807, 2.05) is 33.6 Å². The van der Waals surface area contributed by atoms with Crippen LogP contribution in [-0.4, -0.2) is 59.8 Å². The van der Waals surface area contributed by atoms with E-state index in [2.05, 4.69) is 26.0 Å². The second kappa shape index (κ2) is 8.95. The minimum absolute atomic E-state index is 0.0469. The summed E-state index contributed by atoms with van der Waals surface area (Å²) in [4.78, 5) is 22.8. The van der Waals surface area contributed by atoms with Crippen molar-refractivity contribution in [2.45, 2.75) is 12.5 Å². The first kappa shape index (κ1) is 23.1. The van der Waals surface area contributed by atoms with E-state index in [4.69, 9.17) is 21.7 Å². The van der Waals surface area contributed by atoms with Crippen molar-refractivity contribution in [1.82, 2.24) is 29.0 Å². The summed E-state index contributed by atoms with van der Waals surface area (Å²) in [6.07, 6.45) is 8.09. The van der Waals surface area contributed by atoms with Gasteiger partial charge in [-0.3, -0.25) is 18.9 Å². The van der Waals surface area contributed by atoms with Crippen molar-refractivity contribution in [3.63, 3.8) is 0 Å². The second-order valence-corrected chi connectivity index (χ2v) is 9.82. The van der Waals surface area contributed by atoms with Crippen LogP contribution in [0.1, 0.15) is 12.5 Å². The summed E-state index contributed by atoms with van der Waals surface area (Å²) in [7, 11) is 0. The quantitative estimate of drug-likeness (QED) is 0.338. The van der Waals surface area contributed by atoms with Crippen LogP contribution in [0.4, 0.5) is 4.39 Å². The lowest BCUT2D eigenvalue weighted by atomic mass is 10.1. The number of aliphatic hydroxyl groups excluding tert-OH is 1. The summed E-state index contributed by atoms with van der Waals surface area (Å²) in [6.45, 7) is 0.626. The number of rotatable bonds is 4. The third-order valence-corrected chi connectivity index (χ3v) is 7.63. The highest BCUT2D eigenvalue weighted by Gasteiger charge is 2.27. The van der Waals surface area contributed by atoms with Crippen molar-refractivity contribution >= 4 is 50.0 Å². The molecule has 8 nitrogen and oxygen atoms in total. The predicted octanol–water partition coefficient (Wildman–Crippen LogP) is 4.73. The summed E-state index contributed by atoms with van der Waals surface area (Å²) in [5.74, 6) is -0.720. The van der Waals surface area contributed by atoms with E-state index in [9.17, 15) is 9.18 Å². The highest BCUT2D eigenvalue weighted by atomic mass is 79.9. The Morgan fingerprint density at radius 2 is 2.11 bits per heavy atom. The standard InChI is InChI=1S/C25H19BrClFN6O2/c26-24-23(22-18(27)2-1-3-19(22)28)31-25-17-8-14(9-29-20(17)5-7-33(24)25)15-10-30-34(11-15)16-4-6-32(12-16)21(36)13-35/h1-3,5,7-11,16,35H,4,6,12-13H2. The van der Waals surface area contributed by atoms with E-state index in [0.29, 0.717) is 29.0 Å². The van der Waals surface area contributed by atoms with Crippen LogP contribution >= 0.6 is 27.5 Å². The molecule has 1 aliphatic rings. The molecule has 0 aliphatic carbocycles. The number of fused-ring (bicyclic) bond motifs is 3. The number of aromatic nitrogens is 5. The van der Waals surface area contributed by atoms with E-state index < -0.39 is 12.4 Å². The molecule has 1 aromatic carbocycles. The molecule has 36 heavy (non-hydrogen) atoms. The molecule has 0 bridgehead atoms. The van der Waals surface area contributed by atoms with Gasteiger partial charge in [0.1, 0.15) is 28.4 Å². The van der Waals surface area contributed by atoms with Crippen LogP contribution in [0.5, 0.6) is 0 Å². The van der Waals surface area contributed by atoms with Crippen LogP contribution in [0.3, 0.4) is 0 Å². The predicted molar refractivity (Wildman–Crippen MR) is 137 cm³/mol. The van der Waals surface area contributed by atoms with Gasteiger partial charge < -0.3 is 10.0 Å². The molecular weight excluding hydrogens is 551 g/mol. The molecule has 5 heterocycles. The number of carbonyl (C=O) groups is 1. The zero-order valence-electron chi connectivity index (χ0n) is 18.8. The summed E-state index contributed by atoms with van der Waals surface area (Å²) in [6, 6.07) is 8.46. The highest BCUT2D eigenvalue weighted by Crippen LogP contribution is 2.37. The van der Waals surface area contributed by atoms with E-state index in [-0.39, 0.29) is 22.5 Å². The molecule has 1 atom stereocenters. The smallest absolute Gasteiger partial charge is 0.248 e. The van der Waals surface area contributed by atoms with Crippen molar-refractivity contribution in [1.29, 1.82) is 0 Å². The number of halogens is 3. The summed E-state index contributed by atoms with van der Waals surface area (Å²) in [5, 5.41) is 14.7. The van der Waals surface area contributed by atoms with E-state index >= 15 is 0 Å². The van der Waals surface area contributed by atoms with Crippen molar-refractivity contribution in [3.05, 3.63) is 70.6 Å². The second-order valence-electron chi connectivity index (χ2n) is 8.66. The van der Waals surface area contributed by atoms with Crippen molar-refractivity contribution in [2.24, 2.45) is 0 Å². The van der Waals surface area contributed by atoms with Crippen LogP contribution in [0, 0.1) is 5.82 Å². The molecule has 0 radical (unpaired) electrons. The van der Waals surface area contributed by atoms with Gasteiger partial charge >= 0.3 is 0 Å². The lowest BCUT2D eigenvalue weighted by molar-refractivity contribution is -0.133. The number of aliphatic hydroxyl groups is 1. The molecule has 0 saturated carbocycles. The summed E-state index contributed by atoms with van der Waals surface area (Å²) < 4.78 is 18.9. The van der Waals surface area contributed by atoms with Gasteiger partial charge in [0.15, 0.2) is 0 Å². The molecule has 182 valence electrons. The molecule has 0 spiro atoms. The molecule has 4 aromatic heterocycles. The van der Waals surface area contributed by atoms with Crippen LogP contribution in [0.25, 0.3) is 38.9 Å². The number of benzene rings is 1. The van der Waals surface area contributed by atoms with Crippen LogP contribution < -0.4 is 0 Å². The third kappa shape index (κ3) is 3.76. The number of nitrogens with zero attached hydrogens (tertiary/aromatic N) is 6. The van der Waals surface area contributed by atoms with Gasteiger partial charge in [0.25, 0.3) is 0 Å². The van der Waals surface area contributed by atoms with Crippen LogP contribution in [0.2, 0.25) is 5.02 Å². The Hall–Kier alpha value is -3.34. The monoisotopic (exact) mass is 568 g/mol. The van der Waals surface area contributed by atoms with Gasteiger partial charge in [0, 0.05) is 48.2 Å². The minimum Gasteiger partial charge on any atom is -0.387 e. The molecule has 1 aliphatic heterocycles. The van der Waals surface area contributed by atoms with Gasteiger partial charge in [-0.15, -0.1) is 0 Å². The van der Waals surface area contributed by atoms with Gasteiger partial charge in [0.05, 0.1) is 28.3 Å². The molecule has 1 N–H and O–H groups in total. The molecule has 11 heteroatoms. The number of hydrogen-bond donors (Lipinski definition) is 1. The SMILES string of the molecule is O=C(CO)N1CCC(n2cc(-c3cnc4ccn5c(Br)c(-c6c(F)cccc6Cl)nc5c4c3)cn2)C1. The Labute approximate surface area is 218 Å². The number of amides is 1. The maximum absolute atomic E-state index is 14.7. The molecule has 1 unspecified atom stereocenters. The maximum Gasteiger partial charge on any atom is 0.248 e. The van der Waals surface area contributed by atoms with Gasteiger partial charge in [-0.25, -0.2) is 9.37 Å². The van der Waals surface area contributed by atoms with Crippen molar-refractivity contribution in [2.75, 3.05) is 19.7 Å². The third-order valence-electron chi connectivity index (χ3n) is 6.55. The fraction of sp³-hybridized carbons (Fsp3) is 0.200. The fourth-order valence-corrected chi connectivity index (χ4v) is 5.51. The molecule has 6 rings (SSSR count). The lowest BCUT2D eigenvalue weighted by Crippen LogP contribution is -2.31. The normalized spacial score (nSPS) is 15.9. The Bertz CT molecular complexity index is 1630. The van der Waals surface area contributed by atoms with Gasteiger partial charge in [-0.1, -0.05) is 17.7 Å². The minimum atomic E-state index is -0.483. The largest absolute Gasteiger partial charge is 0.387 e. The van der Waals surface area contributed by atoms with Crippen molar-refractivity contribution < 1.29 is 14.3 Å². The number of pyridine rings is 2. The molecule has 1 fully saturated rings. The van der Waals surface area contributed by atoms with E-state index in [0.717, 1.165) is 28.5 Å². The zero-order chi connectivity index (χ0) is 25.0. The average Bonchev–Trinajstić information content (AvgIpc) is 3.63.